The topological polar surface area (TPSA) is 59.5 Å². The number of hydrogen-bond acceptors (Lipinski definition) is 3. The number of rotatable bonds is 5. The average molecular weight is 236 g/mol. The second kappa shape index (κ2) is 4.92. The van der Waals surface area contributed by atoms with E-state index in [0.29, 0.717) is 12.5 Å². The molecule has 4 heteroatoms. The van der Waals surface area contributed by atoms with E-state index in [1.807, 2.05) is 19.1 Å². The predicted molar refractivity (Wildman–Crippen MR) is 65.2 cm³/mol. The van der Waals surface area contributed by atoms with Crippen molar-refractivity contribution in [2.75, 3.05) is 7.05 Å². The van der Waals surface area contributed by atoms with Crippen molar-refractivity contribution in [1.29, 1.82) is 0 Å². The Morgan fingerprint density at radius 1 is 1.59 bits per heavy atom. The van der Waals surface area contributed by atoms with E-state index >= 15 is 0 Å². The summed E-state index contributed by atoms with van der Waals surface area (Å²) in [7, 11) is 1.77. The molecule has 1 amide bonds. The van der Waals surface area contributed by atoms with E-state index in [2.05, 4.69) is 0 Å². The number of hydrogen-bond donors (Lipinski definition) is 1. The molecule has 94 valence electrons. The second-order valence-corrected chi connectivity index (χ2v) is 4.99. The molecule has 1 saturated carbocycles. The lowest BCUT2D eigenvalue weighted by Crippen LogP contribution is -2.41. The lowest BCUT2D eigenvalue weighted by Gasteiger charge is -2.20. The molecule has 2 rings (SSSR count). The van der Waals surface area contributed by atoms with Gasteiger partial charge in [0.2, 0.25) is 5.91 Å². The first kappa shape index (κ1) is 12.2. The van der Waals surface area contributed by atoms with E-state index in [1.54, 1.807) is 11.9 Å². The molecule has 1 atom stereocenters. The van der Waals surface area contributed by atoms with Crippen LogP contribution in [0.1, 0.15) is 30.8 Å². The second-order valence-electron chi connectivity index (χ2n) is 4.99. The lowest BCUT2D eigenvalue weighted by molar-refractivity contribution is -0.132. The van der Waals surface area contributed by atoms with Crippen LogP contribution in [0.3, 0.4) is 0 Å². The fourth-order valence-corrected chi connectivity index (χ4v) is 1.98. The number of carbonyl (C=O) groups excluding carboxylic acids is 1. The molecule has 0 aliphatic heterocycles. The van der Waals surface area contributed by atoms with Crippen LogP contribution in [0.4, 0.5) is 0 Å². The largest absolute Gasteiger partial charge is 0.464 e. The van der Waals surface area contributed by atoms with Crippen LogP contribution < -0.4 is 5.73 Å². The molecule has 4 nitrogen and oxygen atoms in total. The summed E-state index contributed by atoms with van der Waals surface area (Å²) in [6.45, 7) is 2.38. The Morgan fingerprint density at radius 3 is 2.82 bits per heavy atom. The van der Waals surface area contributed by atoms with Crippen LogP contribution in [0.15, 0.2) is 16.5 Å². The molecule has 1 aromatic rings. The molecule has 0 radical (unpaired) electrons. The van der Waals surface area contributed by atoms with Gasteiger partial charge in [-0.05, 0) is 31.4 Å². The van der Waals surface area contributed by atoms with E-state index in [9.17, 15) is 4.79 Å². The molecule has 0 aromatic carbocycles. The van der Waals surface area contributed by atoms with Gasteiger partial charge in [0.05, 0.1) is 12.6 Å². The summed E-state index contributed by atoms with van der Waals surface area (Å²) < 4.78 is 5.44. The van der Waals surface area contributed by atoms with Gasteiger partial charge in [0, 0.05) is 7.05 Å². The summed E-state index contributed by atoms with van der Waals surface area (Å²) in [5.41, 5.74) is 5.90. The minimum Gasteiger partial charge on any atom is -0.464 e. The SMILES string of the molecule is Cc1ccc(CN(C)C(=O)[C@@H](N)CC2CC2)o1. The van der Waals surface area contributed by atoms with Crippen molar-refractivity contribution >= 4 is 5.91 Å². The van der Waals surface area contributed by atoms with Crippen LogP contribution in [-0.4, -0.2) is 23.9 Å². The van der Waals surface area contributed by atoms with Crippen molar-refractivity contribution in [1.82, 2.24) is 4.90 Å². The number of furan rings is 1. The van der Waals surface area contributed by atoms with Gasteiger partial charge in [0.1, 0.15) is 11.5 Å². The van der Waals surface area contributed by atoms with Gasteiger partial charge in [-0.25, -0.2) is 0 Å². The Balaban J connectivity index is 1.85. The van der Waals surface area contributed by atoms with Gasteiger partial charge in [-0.15, -0.1) is 0 Å². The van der Waals surface area contributed by atoms with Crippen LogP contribution in [0.25, 0.3) is 0 Å². The molecule has 2 N–H and O–H groups in total. The van der Waals surface area contributed by atoms with E-state index < -0.39 is 0 Å². The van der Waals surface area contributed by atoms with Crippen molar-refractivity contribution in [3.8, 4) is 0 Å². The predicted octanol–water partition coefficient (Wildman–Crippen LogP) is 1.67. The molecule has 0 spiro atoms. The van der Waals surface area contributed by atoms with Crippen molar-refractivity contribution in [3.05, 3.63) is 23.7 Å². The summed E-state index contributed by atoms with van der Waals surface area (Å²) >= 11 is 0. The zero-order chi connectivity index (χ0) is 12.4. The fourth-order valence-electron chi connectivity index (χ4n) is 1.98. The normalized spacial score (nSPS) is 16.9. The molecule has 1 aliphatic rings. The zero-order valence-corrected chi connectivity index (χ0v) is 10.5. The summed E-state index contributed by atoms with van der Waals surface area (Å²) in [5, 5.41) is 0. The number of carbonyl (C=O) groups is 1. The van der Waals surface area contributed by atoms with E-state index in [-0.39, 0.29) is 11.9 Å². The molecule has 0 unspecified atom stereocenters. The Labute approximate surface area is 102 Å². The van der Waals surface area contributed by atoms with Crippen LogP contribution in [0.5, 0.6) is 0 Å². The third kappa shape index (κ3) is 3.33. The molecule has 1 aliphatic carbocycles. The monoisotopic (exact) mass is 236 g/mol. The minimum absolute atomic E-state index is 0.00551. The Bertz CT molecular complexity index is 396. The van der Waals surface area contributed by atoms with E-state index in [1.165, 1.54) is 12.8 Å². The first-order valence-corrected chi connectivity index (χ1v) is 6.12. The van der Waals surface area contributed by atoms with Gasteiger partial charge in [0.25, 0.3) is 0 Å². The van der Waals surface area contributed by atoms with Gasteiger partial charge in [-0.3, -0.25) is 4.79 Å². The molecule has 1 fully saturated rings. The van der Waals surface area contributed by atoms with Crippen molar-refractivity contribution in [2.24, 2.45) is 11.7 Å². The highest BCUT2D eigenvalue weighted by Crippen LogP contribution is 2.33. The molecule has 1 heterocycles. The summed E-state index contributed by atoms with van der Waals surface area (Å²) in [4.78, 5) is 13.6. The summed E-state index contributed by atoms with van der Waals surface area (Å²) in [5.74, 6) is 2.35. The van der Waals surface area contributed by atoms with Gasteiger partial charge < -0.3 is 15.1 Å². The first-order valence-electron chi connectivity index (χ1n) is 6.12. The van der Waals surface area contributed by atoms with Gasteiger partial charge in [0.15, 0.2) is 0 Å². The maximum absolute atomic E-state index is 12.0. The zero-order valence-electron chi connectivity index (χ0n) is 10.5. The maximum Gasteiger partial charge on any atom is 0.239 e. The highest BCUT2D eigenvalue weighted by atomic mass is 16.3. The summed E-state index contributed by atoms with van der Waals surface area (Å²) in [6.07, 6.45) is 3.27. The molecule has 0 bridgehead atoms. The average Bonchev–Trinajstić information content (AvgIpc) is 3.00. The quantitative estimate of drug-likeness (QED) is 0.846. The van der Waals surface area contributed by atoms with Gasteiger partial charge >= 0.3 is 0 Å². The Morgan fingerprint density at radius 2 is 2.29 bits per heavy atom. The van der Waals surface area contributed by atoms with E-state index in [0.717, 1.165) is 17.9 Å². The van der Waals surface area contributed by atoms with Crippen LogP contribution in [0, 0.1) is 12.8 Å². The van der Waals surface area contributed by atoms with Crippen molar-refractivity contribution in [2.45, 2.75) is 38.8 Å². The molecular formula is C13H20N2O2. The van der Waals surface area contributed by atoms with Crippen molar-refractivity contribution < 1.29 is 9.21 Å². The third-order valence-electron chi connectivity index (χ3n) is 3.17. The lowest BCUT2D eigenvalue weighted by atomic mass is 10.1. The highest BCUT2D eigenvalue weighted by Gasteiger charge is 2.28. The van der Waals surface area contributed by atoms with Crippen LogP contribution >= 0.6 is 0 Å². The maximum atomic E-state index is 12.0. The molecular weight excluding hydrogens is 216 g/mol. The van der Waals surface area contributed by atoms with Crippen LogP contribution in [-0.2, 0) is 11.3 Å². The fraction of sp³-hybridized carbons (Fsp3) is 0.615. The highest BCUT2D eigenvalue weighted by molar-refractivity contribution is 5.81. The number of amides is 1. The standard InChI is InChI=1S/C13H20N2O2/c1-9-3-6-11(17-9)8-15(2)13(16)12(14)7-10-4-5-10/h3,6,10,12H,4-5,7-8,14H2,1-2H3/t12-/m0/s1. The molecule has 17 heavy (non-hydrogen) atoms. The minimum atomic E-state index is -0.358. The van der Waals surface area contributed by atoms with Gasteiger partial charge in [-0.2, -0.15) is 0 Å². The molecule has 1 aromatic heterocycles. The number of aryl methyl sites for hydroxylation is 1. The third-order valence-corrected chi connectivity index (χ3v) is 3.17. The number of nitrogens with zero attached hydrogens (tertiary/aromatic N) is 1. The summed E-state index contributed by atoms with van der Waals surface area (Å²) in [6, 6.07) is 3.44. The number of nitrogens with two attached hydrogens (primary N) is 1. The first-order chi connectivity index (χ1) is 8.06. The molecule has 0 saturated heterocycles. The Kier molecular flexibility index (Phi) is 3.52. The van der Waals surface area contributed by atoms with Crippen LogP contribution in [0.2, 0.25) is 0 Å². The smallest absolute Gasteiger partial charge is 0.239 e. The Hall–Kier alpha value is -1.29. The van der Waals surface area contributed by atoms with E-state index in [4.69, 9.17) is 10.2 Å². The van der Waals surface area contributed by atoms with Crippen molar-refractivity contribution in [3.63, 3.8) is 0 Å². The number of likely N-dealkylation sites (N-methyl/N-ethyl adjacent to an activating group) is 1. The van der Waals surface area contributed by atoms with Gasteiger partial charge in [-0.1, -0.05) is 12.8 Å².